The largest absolute Gasteiger partial charge is 0.454 e. The first-order valence-corrected chi connectivity index (χ1v) is 34.1. The monoisotopic (exact) mass is 1260 g/mol. The average molecular weight is 1270 g/mol. The van der Waals surface area contributed by atoms with E-state index in [2.05, 4.69) is 375 Å². The van der Waals surface area contributed by atoms with E-state index in [1.807, 2.05) is 0 Å². The normalized spacial score (nSPS) is 15.2. The van der Waals surface area contributed by atoms with Crippen LogP contribution >= 0.6 is 0 Å². The number of anilines is 6. The SMILES string of the molecule is C=Cc1c(/C=C\C)c(N(c2cccc(-c3ccccc3)c2)c2cccc3c2oc2ccccc23)cc2c1-c1ccccc1C2(c1ccccc1)C1(c2ccccc2)c2ccccc2-c2c1cc(N(c1cccc(-c3ccccc3)c1)c1cccc3c1oc1ccccc13)c1ccccc21. The molecule has 0 aliphatic heterocycles. The van der Waals surface area contributed by atoms with E-state index in [-0.39, 0.29) is 0 Å². The van der Waals surface area contributed by atoms with Gasteiger partial charge in [-0.15, -0.1) is 0 Å². The summed E-state index contributed by atoms with van der Waals surface area (Å²) in [5, 5.41) is 6.47. The molecular weight excluding hydrogens is 1200 g/mol. The van der Waals surface area contributed by atoms with Crippen LogP contribution in [0.15, 0.2) is 361 Å². The molecule has 0 amide bonds. The first-order valence-electron chi connectivity index (χ1n) is 34.1. The predicted octanol–water partition coefficient (Wildman–Crippen LogP) is 25.9. The minimum absolute atomic E-state index is 0.796. The standard InChI is InChI=1S/C95H64N2O2/c1-3-31-71-70(4-2)90-78-48-19-23-52-80(78)94(66-38-13-7-14-39-66,82(90)60-86(71)96(68-42-27-36-64(58-68)62-32-9-5-10-33-62)84-54-29-50-76-73-45-21-25-56-88(73)98-92(76)84)95(67-40-15-8-16-41-67)81-53-24-20-49-79(81)91-75-47-18-17-44-72(75)87(61-83(91)95)97(69-43-28-37-65(59-69)63-34-11-6-12-35-63)85-55-30-51-77-74-46-22-26-57-89(74)99-93(77)85/h3-61H,2H2,1H3/b31-3-. The molecule has 2 unspecified atom stereocenters. The summed E-state index contributed by atoms with van der Waals surface area (Å²) in [6, 6.07) is 125. The molecule has 2 aromatic heterocycles. The van der Waals surface area contributed by atoms with E-state index in [0.717, 1.165) is 150 Å². The van der Waals surface area contributed by atoms with Crippen molar-refractivity contribution in [2.45, 2.75) is 17.8 Å². The fourth-order valence-electron chi connectivity index (χ4n) is 17.3. The molecule has 2 atom stereocenters. The maximum Gasteiger partial charge on any atom is 0.159 e. The molecule has 4 nitrogen and oxygen atoms in total. The zero-order valence-electron chi connectivity index (χ0n) is 54.5. The Balaban J connectivity index is 0.992. The Labute approximate surface area is 575 Å². The van der Waals surface area contributed by atoms with E-state index in [1.54, 1.807) is 0 Å². The highest BCUT2D eigenvalue weighted by molar-refractivity contribution is 6.16. The molecule has 0 spiro atoms. The van der Waals surface area contributed by atoms with Gasteiger partial charge < -0.3 is 18.6 Å². The van der Waals surface area contributed by atoms with E-state index >= 15 is 0 Å². The second-order valence-corrected chi connectivity index (χ2v) is 26.0. The van der Waals surface area contributed by atoms with E-state index < -0.39 is 10.8 Å². The van der Waals surface area contributed by atoms with Crippen molar-refractivity contribution in [3.63, 3.8) is 0 Å². The molecule has 466 valence electrons. The molecule has 0 saturated carbocycles. The fraction of sp³-hybridized carbons (Fsp3) is 0.0316. The molecule has 17 aromatic rings. The molecule has 0 fully saturated rings. The molecule has 2 aliphatic rings. The molecule has 2 aliphatic carbocycles. The molecule has 19 rings (SSSR count). The summed E-state index contributed by atoms with van der Waals surface area (Å²) in [5.74, 6) is 0. The smallest absolute Gasteiger partial charge is 0.159 e. The highest BCUT2D eigenvalue weighted by atomic mass is 16.3. The minimum atomic E-state index is -1.07. The van der Waals surface area contributed by atoms with Crippen molar-refractivity contribution >= 4 is 101 Å². The van der Waals surface area contributed by atoms with Crippen molar-refractivity contribution in [3.05, 3.63) is 397 Å². The van der Waals surface area contributed by atoms with Crippen molar-refractivity contribution in [3.8, 4) is 44.5 Å². The Morgan fingerprint density at radius 2 is 0.697 bits per heavy atom. The number of fused-ring (bicyclic) bond motifs is 14. The highest BCUT2D eigenvalue weighted by Crippen LogP contribution is 2.72. The summed E-state index contributed by atoms with van der Waals surface area (Å²) >= 11 is 0. The quantitative estimate of drug-likeness (QED) is 0.115. The van der Waals surface area contributed by atoms with Gasteiger partial charge >= 0.3 is 0 Å². The lowest BCUT2D eigenvalue weighted by atomic mass is 9.49. The molecular formula is C95H64N2O2. The first-order chi connectivity index (χ1) is 49.1. The highest BCUT2D eigenvalue weighted by Gasteiger charge is 2.65. The zero-order chi connectivity index (χ0) is 65.8. The van der Waals surface area contributed by atoms with E-state index in [4.69, 9.17) is 15.4 Å². The number of rotatable bonds is 13. The molecule has 0 bridgehead atoms. The van der Waals surface area contributed by atoms with Crippen LogP contribution in [-0.2, 0) is 10.8 Å². The number of allylic oxidation sites excluding steroid dienone is 1. The third kappa shape index (κ3) is 8.46. The molecule has 2 heterocycles. The lowest BCUT2D eigenvalue weighted by molar-refractivity contribution is 0.437. The minimum Gasteiger partial charge on any atom is -0.454 e. The fourth-order valence-corrected chi connectivity index (χ4v) is 17.3. The topological polar surface area (TPSA) is 32.8 Å². The van der Waals surface area contributed by atoms with Crippen molar-refractivity contribution in [1.29, 1.82) is 0 Å². The Bertz CT molecular complexity index is 6100. The number of para-hydroxylation sites is 4. The number of hydrogen-bond donors (Lipinski definition) is 0. The molecule has 15 aromatic carbocycles. The van der Waals surface area contributed by atoms with E-state index in [1.165, 1.54) is 27.8 Å². The lowest BCUT2D eigenvalue weighted by Crippen LogP contribution is -2.50. The lowest BCUT2D eigenvalue weighted by Gasteiger charge is -2.51. The Morgan fingerprint density at radius 1 is 0.303 bits per heavy atom. The van der Waals surface area contributed by atoms with Crippen LogP contribution < -0.4 is 9.80 Å². The van der Waals surface area contributed by atoms with Crippen molar-refractivity contribution in [2.24, 2.45) is 0 Å². The summed E-state index contributed by atoms with van der Waals surface area (Å²) in [4.78, 5) is 4.96. The van der Waals surface area contributed by atoms with Crippen LogP contribution in [0.3, 0.4) is 0 Å². The summed E-state index contributed by atoms with van der Waals surface area (Å²) in [7, 11) is 0. The van der Waals surface area contributed by atoms with Gasteiger partial charge in [0.2, 0.25) is 0 Å². The van der Waals surface area contributed by atoms with Crippen LogP contribution in [-0.4, -0.2) is 0 Å². The Morgan fingerprint density at radius 3 is 1.21 bits per heavy atom. The van der Waals surface area contributed by atoms with E-state index in [0.29, 0.717) is 0 Å². The van der Waals surface area contributed by atoms with Crippen molar-refractivity contribution in [1.82, 2.24) is 0 Å². The molecule has 0 N–H and O–H groups in total. The second kappa shape index (κ2) is 23.0. The third-order valence-corrected chi connectivity index (χ3v) is 21.1. The number of furan rings is 2. The maximum absolute atomic E-state index is 7.17. The number of nitrogens with zero attached hydrogens (tertiary/aromatic N) is 2. The van der Waals surface area contributed by atoms with Crippen LogP contribution in [0.1, 0.15) is 51.4 Å². The summed E-state index contributed by atoms with van der Waals surface area (Å²) < 4.78 is 14.3. The molecule has 4 heteroatoms. The predicted molar refractivity (Wildman–Crippen MR) is 414 cm³/mol. The molecule has 99 heavy (non-hydrogen) atoms. The van der Waals surface area contributed by atoms with Gasteiger partial charge in [-0.3, -0.25) is 0 Å². The van der Waals surface area contributed by atoms with Gasteiger partial charge in [-0.25, -0.2) is 0 Å². The summed E-state index contributed by atoms with van der Waals surface area (Å²) in [6.07, 6.45) is 6.59. The average Bonchev–Trinajstić information content (AvgIpc) is 1.49. The van der Waals surface area contributed by atoms with Gasteiger partial charge in [-0.05, 0) is 156 Å². The van der Waals surface area contributed by atoms with Crippen molar-refractivity contribution in [2.75, 3.05) is 9.80 Å². The number of benzene rings is 15. The van der Waals surface area contributed by atoms with Gasteiger partial charge in [-0.1, -0.05) is 304 Å². The Kier molecular flexibility index (Phi) is 13.4. The zero-order valence-corrected chi connectivity index (χ0v) is 54.5. The summed E-state index contributed by atoms with van der Waals surface area (Å²) in [6.45, 7) is 6.99. The second-order valence-electron chi connectivity index (χ2n) is 26.0. The first kappa shape index (κ1) is 57.7. The third-order valence-electron chi connectivity index (χ3n) is 21.1. The molecule has 0 radical (unpaired) electrons. The summed E-state index contributed by atoms with van der Waals surface area (Å²) in [5.41, 5.74) is 25.2. The van der Waals surface area contributed by atoms with E-state index in [9.17, 15) is 0 Å². The van der Waals surface area contributed by atoms with Crippen LogP contribution in [0.25, 0.3) is 111 Å². The van der Waals surface area contributed by atoms with Gasteiger partial charge in [0.1, 0.15) is 11.2 Å². The van der Waals surface area contributed by atoms with Gasteiger partial charge in [0.15, 0.2) is 11.2 Å². The number of hydrogen-bond acceptors (Lipinski definition) is 4. The van der Waals surface area contributed by atoms with Gasteiger partial charge in [0.25, 0.3) is 0 Å². The van der Waals surface area contributed by atoms with Crippen molar-refractivity contribution < 1.29 is 8.83 Å². The van der Waals surface area contributed by atoms with Crippen LogP contribution in [0.5, 0.6) is 0 Å². The Hall–Kier alpha value is -12.8. The van der Waals surface area contributed by atoms with Gasteiger partial charge in [-0.2, -0.15) is 0 Å². The maximum atomic E-state index is 7.17. The van der Waals surface area contributed by atoms with Gasteiger partial charge in [0, 0.05) is 43.9 Å². The van der Waals surface area contributed by atoms with Crippen LogP contribution in [0.2, 0.25) is 0 Å². The molecule has 0 saturated heterocycles. The van der Waals surface area contributed by atoms with Crippen LogP contribution in [0.4, 0.5) is 34.1 Å². The van der Waals surface area contributed by atoms with Gasteiger partial charge in [0.05, 0.1) is 33.6 Å². The van der Waals surface area contributed by atoms with Crippen LogP contribution in [0, 0.1) is 0 Å².